The van der Waals surface area contributed by atoms with Gasteiger partial charge >= 0.3 is 5.97 Å². The van der Waals surface area contributed by atoms with Crippen molar-refractivity contribution in [3.63, 3.8) is 0 Å². The number of nitrogens with zero attached hydrogens (tertiary/aromatic N) is 3. The Morgan fingerprint density at radius 3 is 2.88 bits per heavy atom. The summed E-state index contributed by atoms with van der Waals surface area (Å²) in [7, 11) is 0. The van der Waals surface area contributed by atoms with Crippen molar-refractivity contribution < 1.29 is 14.3 Å². The van der Waals surface area contributed by atoms with Gasteiger partial charge < -0.3 is 14.4 Å². The third-order valence-electron chi connectivity index (χ3n) is 5.11. The molecule has 0 saturated heterocycles. The highest BCUT2D eigenvalue weighted by Gasteiger charge is 2.37. The Bertz CT molecular complexity index is 1200. The van der Waals surface area contributed by atoms with Crippen LogP contribution in [0.4, 0.5) is 0 Å². The van der Waals surface area contributed by atoms with E-state index < -0.39 is 12.0 Å². The Morgan fingerprint density at radius 1 is 1.31 bits per heavy atom. The summed E-state index contributed by atoms with van der Waals surface area (Å²) in [6, 6.07) is 14.5. The molecule has 8 heteroatoms. The van der Waals surface area contributed by atoms with Gasteiger partial charge in [0, 0.05) is 11.8 Å². The van der Waals surface area contributed by atoms with Crippen molar-refractivity contribution in [2.75, 3.05) is 6.61 Å². The van der Waals surface area contributed by atoms with E-state index in [-0.39, 0.29) is 13.2 Å². The third-order valence-corrected chi connectivity index (χ3v) is 6.17. The highest BCUT2D eigenvalue weighted by atomic mass is 35.5. The molecule has 1 atom stereocenters. The van der Waals surface area contributed by atoms with Gasteiger partial charge in [-0.25, -0.2) is 9.79 Å². The minimum Gasteiger partial charge on any atom is -0.487 e. The number of amidine groups is 1. The predicted molar refractivity (Wildman–Crippen MR) is 125 cm³/mol. The first kappa shape index (κ1) is 22.0. The minimum atomic E-state index is -0.404. The van der Waals surface area contributed by atoms with Crippen LogP contribution in [0.25, 0.3) is 0 Å². The maximum absolute atomic E-state index is 12.8. The molecule has 6 nitrogen and oxygen atoms in total. The molecular weight excluding hydrogens is 446 g/mol. The molecule has 0 saturated carbocycles. The predicted octanol–water partition coefficient (Wildman–Crippen LogP) is 5.56. The van der Waals surface area contributed by atoms with E-state index >= 15 is 0 Å². The van der Waals surface area contributed by atoms with Crippen molar-refractivity contribution >= 4 is 34.5 Å². The largest absolute Gasteiger partial charge is 0.487 e. The number of fused-ring (bicyclic) bond motifs is 1. The lowest BCUT2D eigenvalue weighted by atomic mass is 9.94. The first-order valence-electron chi connectivity index (χ1n) is 10.0. The molecule has 32 heavy (non-hydrogen) atoms. The van der Waals surface area contributed by atoms with Crippen molar-refractivity contribution in [1.29, 1.82) is 5.26 Å². The van der Waals surface area contributed by atoms with Crippen molar-refractivity contribution in [3.8, 4) is 11.8 Å². The van der Waals surface area contributed by atoms with Crippen LogP contribution in [0.15, 0.2) is 70.3 Å². The van der Waals surface area contributed by atoms with E-state index in [1.54, 1.807) is 25.1 Å². The maximum atomic E-state index is 12.8. The van der Waals surface area contributed by atoms with Gasteiger partial charge in [0.1, 0.15) is 12.4 Å². The Morgan fingerprint density at radius 2 is 2.12 bits per heavy atom. The molecule has 2 aliphatic rings. The second-order valence-corrected chi connectivity index (χ2v) is 8.35. The monoisotopic (exact) mass is 465 g/mol. The summed E-state index contributed by atoms with van der Waals surface area (Å²) < 4.78 is 11.2. The maximum Gasteiger partial charge on any atom is 0.338 e. The number of rotatable bonds is 6. The number of carbonyl (C=O) groups is 1. The van der Waals surface area contributed by atoms with E-state index in [4.69, 9.17) is 21.1 Å². The molecule has 0 fully saturated rings. The van der Waals surface area contributed by atoms with Crippen molar-refractivity contribution in [2.24, 2.45) is 4.99 Å². The third kappa shape index (κ3) is 4.24. The molecule has 2 aromatic carbocycles. The molecule has 0 aromatic heterocycles. The molecule has 1 unspecified atom stereocenters. The molecule has 2 heterocycles. The normalized spacial score (nSPS) is 17.0. The lowest BCUT2D eigenvalue weighted by molar-refractivity contribution is -0.139. The average Bonchev–Trinajstić information content (AvgIpc) is 3.25. The van der Waals surface area contributed by atoms with E-state index in [9.17, 15) is 10.1 Å². The Hall–Kier alpha value is -3.21. The molecule has 0 aliphatic carbocycles. The summed E-state index contributed by atoms with van der Waals surface area (Å²) in [5.74, 6) is 0.102. The van der Waals surface area contributed by atoms with E-state index in [0.717, 1.165) is 16.3 Å². The van der Waals surface area contributed by atoms with E-state index in [1.807, 2.05) is 47.7 Å². The van der Waals surface area contributed by atoms with Crippen LogP contribution < -0.4 is 4.74 Å². The van der Waals surface area contributed by atoms with Gasteiger partial charge in [-0.15, -0.1) is 0 Å². The molecule has 0 amide bonds. The van der Waals surface area contributed by atoms with Gasteiger partial charge in [0.15, 0.2) is 5.17 Å². The number of halogens is 1. The number of esters is 1. The van der Waals surface area contributed by atoms with Crippen LogP contribution in [-0.4, -0.2) is 22.6 Å². The van der Waals surface area contributed by atoms with Crippen LogP contribution in [0.5, 0.6) is 5.75 Å². The van der Waals surface area contributed by atoms with Crippen LogP contribution in [-0.2, 0) is 16.1 Å². The van der Waals surface area contributed by atoms with Crippen LogP contribution in [0.1, 0.15) is 36.6 Å². The van der Waals surface area contributed by atoms with Crippen molar-refractivity contribution in [3.05, 3.63) is 87.1 Å². The van der Waals surface area contributed by atoms with Gasteiger partial charge in [0.05, 0.1) is 40.6 Å². The summed E-state index contributed by atoms with van der Waals surface area (Å²) in [5.41, 5.74) is 3.27. The summed E-state index contributed by atoms with van der Waals surface area (Å²) in [6.07, 6.45) is 1.90. The SMILES string of the molecule is CCOC(=O)C1=C(C)N=C2SC=CN2C1c1ccc(OCc2ccccc2C#N)c(Cl)c1. The summed E-state index contributed by atoms with van der Waals surface area (Å²) in [5, 5.41) is 12.4. The quantitative estimate of drug-likeness (QED) is 0.520. The summed E-state index contributed by atoms with van der Waals surface area (Å²) >= 11 is 8.06. The minimum absolute atomic E-state index is 0.224. The summed E-state index contributed by atoms with van der Waals surface area (Å²) in [6.45, 7) is 4.09. The first-order chi connectivity index (χ1) is 15.5. The molecular formula is C24H20ClN3O3S. The Balaban J connectivity index is 1.63. The number of allylic oxidation sites excluding steroid dienone is 1. The zero-order valence-electron chi connectivity index (χ0n) is 17.5. The van der Waals surface area contributed by atoms with Crippen molar-refractivity contribution in [2.45, 2.75) is 26.5 Å². The van der Waals surface area contributed by atoms with Crippen molar-refractivity contribution in [1.82, 2.24) is 4.90 Å². The molecule has 0 N–H and O–H groups in total. The van der Waals surface area contributed by atoms with E-state index in [1.165, 1.54) is 11.8 Å². The van der Waals surface area contributed by atoms with E-state index in [0.29, 0.717) is 27.6 Å². The Kier molecular flexibility index (Phi) is 6.54. The zero-order chi connectivity index (χ0) is 22.7. The van der Waals surface area contributed by atoms with Gasteiger partial charge in [0.25, 0.3) is 0 Å². The lowest BCUT2D eigenvalue weighted by Crippen LogP contribution is -2.34. The molecule has 0 bridgehead atoms. The van der Waals surface area contributed by atoms with Gasteiger partial charge in [-0.2, -0.15) is 5.26 Å². The number of nitriles is 1. The fraction of sp³-hybridized carbons (Fsp3) is 0.208. The highest BCUT2D eigenvalue weighted by Crippen LogP contribution is 2.42. The van der Waals surface area contributed by atoms with Crippen LogP contribution in [0, 0.1) is 11.3 Å². The zero-order valence-corrected chi connectivity index (χ0v) is 19.1. The van der Waals surface area contributed by atoms with E-state index in [2.05, 4.69) is 11.1 Å². The molecule has 4 rings (SSSR count). The number of aliphatic imine (C=N–C) groups is 1. The second kappa shape index (κ2) is 9.51. The molecule has 0 spiro atoms. The lowest BCUT2D eigenvalue weighted by Gasteiger charge is -2.33. The first-order valence-corrected chi connectivity index (χ1v) is 11.3. The smallest absolute Gasteiger partial charge is 0.338 e. The topological polar surface area (TPSA) is 74.9 Å². The van der Waals surface area contributed by atoms with Gasteiger partial charge in [-0.05, 0) is 43.0 Å². The number of benzene rings is 2. The van der Waals surface area contributed by atoms with Crippen LogP contribution in [0.2, 0.25) is 5.02 Å². The van der Waals surface area contributed by atoms with Gasteiger partial charge in [-0.3, -0.25) is 0 Å². The Labute approximate surface area is 195 Å². The average molecular weight is 466 g/mol. The number of hydrogen-bond acceptors (Lipinski definition) is 7. The van der Waals surface area contributed by atoms with Gasteiger partial charge in [0.2, 0.25) is 0 Å². The molecule has 2 aromatic rings. The number of thioether (sulfide) groups is 1. The highest BCUT2D eigenvalue weighted by molar-refractivity contribution is 8.16. The number of hydrogen-bond donors (Lipinski definition) is 0. The number of carbonyl (C=O) groups excluding carboxylic acids is 1. The second-order valence-electron chi connectivity index (χ2n) is 7.07. The standard InChI is InChI=1S/C24H20ClN3O3S/c1-3-30-23(29)21-15(2)27-24-28(10-11-32-24)22(21)16-8-9-20(19(25)12-16)31-14-18-7-5-4-6-17(18)13-26/h4-12,22H,3,14H2,1-2H3. The fourth-order valence-electron chi connectivity index (χ4n) is 3.61. The van der Waals surface area contributed by atoms with Crippen LogP contribution in [0.3, 0.4) is 0 Å². The fourth-order valence-corrected chi connectivity index (χ4v) is 4.65. The van der Waals surface area contributed by atoms with Crippen LogP contribution >= 0.6 is 23.4 Å². The molecule has 162 valence electrons. The molecule has 2 aliphatic heterocycles. The molecule has 0 radical (unpaired) electrons. The van der Waals surface area contributed by atoms with Gasteiger partial charge in [-0.1, -0.05) is 47.6 Å². The number of ether oxygens (including phenoxy) is 2. The summed E-state index contributed by atoms with van der Waals surface area (Å²) in [4.78, 5) is 19.3.